The number of amides is 1. The molecule has 6 nitrogen and oxygen atoms in total. The number of para-hydroxylation sites is 1. The molecule has 2 aromatic carbocycles. The van der Waals surface area contributed by atoms with Crippen molar-refractivity contribution >= 4 is 60.6 Å². The third-order valence-electron chi connectivity index (χ3n) is 4.39. The van der Waals surface area contributed by atoms with Gasteiger partial charge in [-0.25, -0.2) is 4.98 Å². The highest BCUT2D eigenvalue weighted by Crippen LogP contribution is 2.42. The summed E-state index contributed by atoms with van der Waals surface area (Å²) in [5.41, 5.74) is 15.0. The van der Waals surface area contributed by atoms with E-state index in [0.29, 0.717) is 26.3 Å². The third kappa shape index (κ3) is 3.42. The number of nitrogen functional groups attached to an aromatic ring is 2. The number of rotatable bonds is 3. The van der Waals surface area contributed by atoms with Crippen LogP contribution in [-0.2, 0) is 0 Å². The van der Waals surface area contributed by atoms with E-state index < -0.39 is 0 Å². The van der Waals surface area contributed by atoms with Gasteiger partial charge in [0.25, 0.3) is 5.91 Å². The number of nitrogens with one attached hydrogen (secondary N) is 1. The highest BCUT2D eigenvalue weighted by Gasteiger charge is 2.24. The number of carbonyl (C=O) groups is 1. The van der Waals surface area contributed by atoms with E-state index in [1.807, 2.05) is 42.5 Å². The highest BCUT2D eigenvalue weighted by atomic mass is 79.9. The number of nitriles is 1. The quantitative estimate of drug-likeness (QED) is 0.394. The van der Waals surface area contributed by atoms with E-state index in [4.69, 9.17) is 11.5 Å². The van der Waals surface area contributed by atoms with Crippen molar-refractivity contribution < 1.29 is 4.79 Å². The van der Waals surface area contributed by atoms with E-state index in [2.05, 4.69) is 32.3 Å². The average Bonchev–Trinajstić information content (AvgIpc) is 3.04. The zero-order valence-corrected chi connectivity index (χ0v) is 17.3. The molecule has 29 heavy (non-hydrogen) atoms. The first kappa shape index (κ1) is 18.9. The van der Waals surface area contributed by atoms with Crippen LogP contribution >= 0.6 is 27.3 Å². The van der Waals surface area contributed by atoms with Crippen LogP contribution in [0.1, 0.15) is 15.2 Å². The highest BCUT2D eigenvalue weighted by molar-refractivity contribution is 9.10. The Balaban J connectivity index is 1.92. The van der Waals surface area contributed by atoms with Gasteiger partial charge in [-0.15, -0.1) is 11.3 Å². The molecule has 142 valence electrons. The zero-order valence-electron chi connectivity index (χ0n) is 14.9. The van der Waals surface area contributed by atoms with Gasteiger partial charge in [-0.1, -0.05) is 46.3 Å². The molecule has 2 aromatic heterocycles. The van der Waals surface area contributed by atoms with Crippen LogP contribution in [0.2, 0.25) is 0 Å². The van der Waals surface area contributed by atoms with Gasteiger partial charge in [0, 0.05) is 21.1 Å². The van der Waals surface area contributed by atoms with Crippen LogP contribution in [0.15, 0.2) is 59.1 Å². The summed E-state index contributed by atoms with van der Waals surface area (Å²) in [4.78, 5) is 18.0. The molecule has 0 spiro atoms. The first-order valence-electron chi connectivity index (χ1n) is 8.53. The molecule has 0 saturated heterocycles. The van der Waals surface area contributed by atoms with E-state index >= 15 is 0 Å². The molecule has 5 N–H and O–H groups in total. The van der Waals surface area contributed by atoms with Gasteiger partial charge in [0.15, 0.2) is 0 Å². The van der Waals surface area contributed by atoms with E-state index in [0.717, 1.165) is 21.4 Å². The molecule has 0 aliphatic heterocycles. The van der Waals surface area contributed by atoms with Crippen molar-refractivity contribution in [2.24, 2.45) is 0 Å². The molecule has 1 amide bonds. The number of thiophene rings is 1. The molecule has 0 aliphatic rings. The lowest BCUT2D eigenvalue weighted by atomic mass is 9.97. The molecule has 2 heterocycles. The summed E-state index contributed by atoms with van der Waals surface area (Å²) in [6.07, 6.45) is 0. The molecule has 4 rings (SSSR count). The molecule has 0 radical (unpaired) electrons. The molecule has 0 bridgehead atoms. The number of nitrogens with two attached hydrogens (primary N) is 2. The standard InChI is InChI=1S/C21H14BrN5OS/c22-12-8-6-11(7-9-12)15-14(10-23)19(25)27-21-16(15)17(24)18(29-21)20(28)26-13-4-2-1-3-5-13/h1-9H,24H2,(H2,25,27)(H,26,28). The smallest absolute Gasteiger partial charge is 0.267 e. The fourth-order valence-electron chi connectivity index (χ4n) is 3.07. The molecule has 4 aromatic rings. The van der Waals surface area contributed by atoms with Crippen molar-refractivity contribution in [3.63, 3.8) is 0 Å². The van der Waals surface area contributed by atoms with Crippen molar-refractivity contribution in [3.05, 3.63) is 69.5 Å². The number of hydrogen-bond donors (Lipinski definition) is 3. The lowest BCUT2D eigenvalue weighted by molar-refractivity contribution is 0.103. The Morgan fingerprint density at radius 2 is 1.79 bits per heavy atom. The molecule has 0 atom stereocenters. The van der Waals surface area contributed by atoms with Gasteiger partial charge in [0.1, 0.15) is 27.2 Å². The van der Waals surface area contributed by atoms with Crippen LogP contribution in [-0.4, -0.2) is 10.9 Å². The number of hydrogen-bond acceptors (Lipinski definition) is 6. The fourth-order valence-corrected chi connectivity index (χ4v) is 4.34. The first-order valence-corrected chi connectivity index (χ1v) is 10.1. The van der Waals surface area contributed by atoms with Crippen molar-refractivity contribution in [1.29, 1.82) is 5.26 Å². The molecule has 0 fully saturated rings. The Bertz CT molecular complexity index is 1280. The van der Waals surface area contributed by atoms with Crippen molar-refractivity contribution in [2.75, 3.05) is 16.8 Å². The first-order chi connectivity index (χ1) is 14.0. The lowest BCUT2D eigenvalue weighted by Crippen LogP contribution is -2.11. The predicted octanol–water partition coefficient (Wildman–Crippen LogP) is 5.01. The maximum atomic E-state index is 12.8. The maximum absolute atomic E-state index is 12.8. The zero-order chi connectivity index (χ0) is 20.5. The van der Waals surface area contributed by atoms with Gasteiger partial charge in [0.05, 0.1) is 5.69 Å². The summed E-state index contributed by atoms with van der Waals surface area (Å²) in [5, 5.41) is 13.1. The molecule has 0 unspecified atom stereocenters. The summed E-state index contributed by atoms with van der Waals surface area (Å²) in [6, 6.07) is 18.7. The number of halogens is 1. The van der Waals surface area contributed by atoms with Gasteiger partial charge in [-0.2, -0.15) is 5.26 Å². The Morgan fingerprint density at radius 1 is 1.10 bits per heavy atom. The summed E-state index contributed by atoms with van der Waals surface area (Å²) in [6.45, 7) is 0. The van der Waals surface area contributed by atoms with Crippen LogP contribution in [0, 0.1) is 11.3 Å². The Kier molecular flexibility index (Phi) is 4.92. The Morgan fingerprint density at radius 3 is 2.45 bits per heavy atom. The lowest BCUT2D eigenvalue weighted by Gasteiger charge is -2.10. The fraction of sp³-hybridized carbons (Fsp3) is 0. The van der Waals surface area contributed by atoms with Crippen LogP contribution < -0.4 is 16.8 Å². The molecule has 0 aliphatic carbocycles. The normalized spacial score (nSPS) is 10.6. The number of carbonyl (C=O) groups excluding carboxylic acids is 1. The maximum Gasteiger partial charge on any atom is 0.267 e. The molecular weight excluding hydrogens is 450 g/mol. The van der Waals surface area contributed by atoms with Gasteiger partial charge >= 0.3 is 0 Å². The van der Waals surface area contributed by atoms with Crippen molar-refractivity contribution in [3.8, 4) is 17.2 Å². The summed E-state index contributed by atoms with van der Waals surface area (Å²) in [7, 11) is 0. The minimum absolute atomic E-state index is 0.106. The summed E-state index contributed by atoms with van der Waals surface area (Å²) < 4.78 is 0.902. The van der Waals surface area contributed by atoms with Crippen molar-refractivity contribution in [1.82, 2.24) is 4.98 Å². The predicted molar refractivity (Wildman–Crippen MR) is 121 cm³/mol. The van der Waals surface area contributed by atoms with Crippen LogP contribution in [0.4, 0.5) is 17.2 Å². The number of aromatic nitrogens is 1. The minimum Gasteiger partial charge on any atom is -0.397 e. The number of nitrogens with zero attached hydrogens (tertiary/aromatic N) is 2. The van der Waals surface area contributed by atoms with Gasteiger partial charge < -0.3 is 16.8 Å². The van der Waals surface area contributed by atoms with E-state index in [1.54, 1.807) is 12.1 Å². The molecular formula is C21H14BrN5OS. The third-order valence-corrected chi connectivity index (χ3v) is 6.01. The second-order valence-electron chi connectivity index (χ2n) is 6.21. The largest absolute Gasteiger partial charge is 0.397 e. The average molecular weight is 464 g/mol. The second-order valence-corrected chi connectivity index (χ2v) is 8.13. The van der Waals surface area contributed by atoms with E-state index in [-0.39, 0.29) is 23.0 Å². The van der Waals surface area contributed by atoms with Crippen LogP contribution in [0.3, 0.4) is 0 Å². The summed E-state index contributed by atoms with van der Waals surface area (Å²) in [5.74, 6) is -0.232. The molecule has 8 heteroatoms. The van der Waals surface area contributed by atoms with E-state index in [9.17, 15) is 10.1 Å². The Labute approximate surface area is 178 Å². The van der Waals surface area contributed by atoms with Crippen LogP contribution in [0.5, 0.6) is 0 Å². The minimum atomic E-state index is -0.337. The number of benzene rings is 2. The van der Waals surface area contributed by atoms with Gasteiger partial charge in [-0.05, 0) is 29.8 Å². The van der Waals surface area contributed by atoms with Crippen molar-refractivity contribution in [2.45, 2.75) is 0 Å². The Hall–Kier alpha value is -3.41. The van der Waals surface area contributed by atoms with Crippen LogP contribution in [0.25, 0.3) is 21.3 Å². The SMILES string of the molecule is N#Cc1c(N)nc2sc(C(=O)Nc3ccccc3)c(N)c2c1-c1ccc(Br)cc1. The van der Waals surface area contributed by atoms with Gasteiger partial charge in [0.2, 0.25) is 0 Å². The monoisotopic (exact) mass is 463 g/mol. The second kappa shape index (κ2) is 7.54. The number of fused-ring (bicyclic) bond motifs is 1. The summed E-state index contributed by atoms with van der Waals surface area (Å²) >= 11 is 4.56. The topological polar surface area (TPSA) is 118 Å². The van der Waals surface area contributed by atoms with E-state index in [1.165, 1.54) is 0 Å². The van der Waals surface area contributed by atoms with Gasteiger partial charge in [-0.3, -0.25) is 4.79 Å². The number of anilines is 3. The molecule has 0 saturated carbocycles. The number of pyridine rings is 1.